The first kappa shape index (κ1) is 12.0. The van der Waals surface area contributed by atoms with Crippen molar-refractivity contribution in [3.63, 3.8) is 0 Å². The van der Waals surface area contributed by atoms with Crippen LogP contribution in [0.3, 0.4) is 0 Å². The summed E-state index contributed by atoms with van der Waals surface area (Å²) in [5, 5.41) is 3.19. The van der Waals surface area contributed by atoms with Crippen molar-refractivity contribution in [3.05, 3.63) is 45.6 Å². The van der Waals surface area contributed by atoms with Crippen molar-refractivity contribution in [2.24, 2.45) is 0 Å². The van der Waals surface area contributed by atoms with Gasteiger partial charge in [-0.2, -0.15) is 0 Å². The van der Waals surface area contributed by atoms with Crippen molar-refractivity contribution in [1.29, 1.82) is 0 Å². The van der Waals surface area contributed by atoms with E-state index in [1.165, 1.54) is 0 Å². The summed E-state index contributed by atoms with van der Waals surface area (Å²) in [5.74, 6) is 0.657. The van der Waals surface area contributed by atoms with E-state index in [1.807, 2.05) is 12.3 Å². The second kappa shape index (κ2) is 4.93. The Balaban J connectivity index is 2.16. The van der Waals surface area contributed by atoms with Crippen LogP contribution in [-0.4, -0.2) is 21.5 Å². The fraction of sp³-hybridized carbons (Fsp3) is 0.357. The Morgan fingerprint density at radius 2 is 2.32 bits per heavy atom. The largest absolute Gasteiger partial charge is 0.312 e. The molecule has 0 saturated heterocycles. The van der Waals surface area contributed by atoms with Crippen LogP contribution in [0.2, 0.25) is 0 Å². The van der Waals surface area contributed by atoms with E-state index < -0.39 is 0 Å². The zero-order valence-electron chi connectivity index (χ0n) is 10.9. The van der Waals surface area contributed by atoms with Gasteiger partial charge >= 0.3 is 0 Å². The number of pyridine rings is 1. The van der Waals surface area contributed by atoms with E-state index in [-0.39, 0.29) is 5.56 Å². The average Bonchev–Trinajstić information content (AvgIpc) is 2.47. The van der Waals surface area contributed by atoms with Gasteiger partial charge in [-0.15, -0.1) is 0 Å². The van der Waals surface area contributed by atoms with Crippen LogP contribution < -0.4 is 10.9 Å². The summed E-state index contributed by atoms with van der Waals surface area (Å²) >= 11 is 0. The van der Waals surface area contributed by atoms with E-state index in [4.69, 9.17) is 0 Å². The maximum Gasteiger partial charge on any atom is 0.255 e. The molecular weight excluding hydrogens is 240 g/mol. The van der Waals surface area contributed by atoms with E-state index in [0.29, 0.717) is 12.4 Å². The molecule has 1 aliphatic heterocycles. The predicted octanol–water partition coefficient (Wildman–Crippen LogP) is 1.04. The fourth-order valence-corrected chi connectivity index (χ4v) is 2.42. The highest BCUT2D eigenvalue weighted by atomic mass is 16.1. The number of rotatable bonds is 2. The lowest BCUT2D eigenvalue weighted by molar-refractivity contribution is 0.621. The Labute approximate surface area is 111 Å². The Bertz CT molecular complexity index is 663. The van der Waals surface area contributed by atoms with Gasteiger partial charge in [-0.25, -0.2) is 4.98 Å². The first-order valence-corrected chi connectivity index (χ1v) is 6.55. The smallest absolute Gasteiger partial charge is 0.255 e. The van der Waals surface area contributed by atoms with E-state index in [9.17, 15) is 4.79 Å². The second-order valence-electron chi connectivity index (χ2n) is 4.65. The summed E-state index contributed by atoms with van der Waals surface area (Å²) in [6.07, 6.45) is 5.23. The minimum atomic E-state index is -0.0361. The molecule has 0 fully saturated rings. The number of aromatic amines is 1. The number of hydrogen-bond donors (Lipinski definition) is 2. The summed E-state index contributed by atoms with van der Waals surface area (Å²) in [7, 11) is 0. The highest BCUT2D eigenvalue weighted by molar-refractivity contribution is 5.59. The Morgan fingerprint density at radius 1 is 1.42 bits per heavy atom. The summed E-state index contributed by atoms with van der Waals surface area (Å²) in [6, 6.07) is 1.91. The second-order valence-corrected chi connectivity index (χ2v) is 4.65. The molecule has 0 saturated carbocycles. The number of nitrogens with zero attached hydrogens (tertiary/aromatic N) is 2. The van der Waals surface area contributed by atoms with Crippen molar-refractivity contribution < 1.29 is 0 Å². The first-order chi connectivity index (χ1) is 9.29. The summed E-state index contributed by atoms with van der Waals surface area (Å²) in [4.78, 5) is 23.7. The minimum Gasteiger partial charge on any atom is -0.312 e. The normalized spacial score (nSPS) is 14.2. The lowest BCUT2D eigenvalue weighted by Crippen LogP contribution is -2.31. The zero-order chi connectivity index (χ0) is 13.2. The number of aromatic nitrogens is 3. The lowest BCUT2D eigenvalue weighted by Gasteiger charge is -2.16. The molecule has 2 N–H and O–H groups in total. The van der Waals surface area contributed by atoms with Gasteiger partial charge in [0.25, 0.3) is 5.56 Å². The maximum atomic E-state index is 12.1. The molecule has 98 valence electrons. The van der Waals surface area contributed by atoms with Crippen LogP contribution in [0.25, 0.3) is 11.4 Å². The molecule has 0 atom stereocenters. The molecule has 0 bridgehead atoms. The molecule has 2 aromatic heterocycles. The predicted molar refractivity (Wildman–Crippen MR) is 72.9 cm³/mol. The Kier molecular flexibility index (Phi) is 3.13. The third kappa shape index (κ3) is 2.17. The molecule has 2 aromatic rings. The van der Waals surface area contributed by atoms with Gasteiger partial charge in [0.05, 0.1) is 11.3 Å². The molecule has 1 aliphatic rings. The van der Waals surface area contributed by atoms with Crippen molar-refractivity contribution in [2.45, 2.75) is 26.3 Å². The monoisotopic (exact) mass is 256 g/mol. The zero-order valence-corrected chi connectivity index (χ0v) is 10.9. The fourth-order valence-electron chi connectivity index (χ4n) is 2.42. The third-order valence-corrected chi connectivity index (χ3v) is 3.48. The molecule has 0 aliphatic carbocycles. The summed E-state index contributed by atoms with van der Waals surface area (Å²) in [6.45, 7) is 3.55. The van der Waals surface area contributed by atoms with Gasteiger partial charge in [0, 0.05) is 37.5 Å². The lowest BCUT2D eigenvalue weighted by atomic mass is 10.1. The minimum absolute atomic E-state index is 0.0361. The van der Waals surface area contributed by atoms with Gasteiger partial charge in [0.1, 0.15) is 5.82 Å². The number of H-pyrrole nitrogens is 1. The molecule has 0 amide bonds. The van der Waals surface area contributed by atoms with E-state index in [0.717, 1.165) is 41.8 Å². The van der Waals surface area contributed by atoms with Gasteiger partial charge < -0.3 is 10.3 Å². The van der Waals surface area contributed by atoms with Crippen molar-refractivity contribution in [1.82, 2.24) is 20.3 Å². The standard InChI is InChI=1S/C14H16N4O/c1-2-9-7-15-5-3-10(9)13-17-12-4-6-16-8-11(12)14(19)18-13/h3,5,7,16H,2,4,6,8H2,1H3,(H,17,18,19). The number of fused-ring (bicyclic) bond motifs is 1. The van der Waals surface area contributed by atoms with Crippen molar-refractivity contribution in [3.8, 4) is 11.4 Å². The number of hydrogen-bond acceptors (Lipinski definition) is 4. The molecule has 3 heterocycles. The number of aryl methyl sites for hydroxylation is 1. The van der Waals surface area contributed by atoms with Crippen LogP contribution in [0.5, 0.6) is 0 Å². The Hall–Kier alpha value is -2.01. The average molecular weight is 256 g/mol. The van der Waals surface area contributed by atoms with Crippen LogP contribution in [0.1, 0.15) is 23.7 Å². The summed E-state index contributed by atoms with van der Waals surface area (Å²) < 4.78 is 0. The van der Waals surface area contributed by atoms with Crippen LogP contribution in [-0.2, 0) is 19.4 Å². The van der Waals surface area contributed by atoms with Crippen LogP contribution in [0, 0.1) is 0 Å². The van der Waals surface area contributed by atoms with Gasteiger partial charge in [-0.05, 0) is 18.1 Å². The molecule has 19 heavy (non-hydrogen) atoms. The van der Waals surface area contributed by atoms with Gasteiger partial charge in [-0.1, -0.05) is 6.92 Å². The van der Waals surface area contributed by atoms with Crippen LogP contribution in [0.4, 0.5) is 0 Å². The third-order valence-electron chi connectivity index (χ3n) is 3.48. The molecule has 5 nitrogen and oxygen atoms in total. The van der Waals surface area contributed by atoms with Crippen molar-refractivity contribution in [2.75, 3.05) is 6.54 Å². The van der Waals surface area contributed by atoms with Crippen LogP contribution >= 0.6 is 0 Å². The SMILES string of the molecule is CCc1cnccc1-c1nc2c(c(=O)[nH]1)CNCC2. The highest BCUT2D eigenvalue weighted by Crippen LogP contribution is 2.20. The van der Waals surface area contributed by atoms with Crippen molar-refractivity contribution >= 4 is 0 Å². The van der Waals surface area contributed by atoms with E-state index >= 15 is 0 Å². The molecule has 0 radical (unpaired) electrons. The first-order valence-electron chi connectivity index (χ1n) is 6.55. The molecular formula is C14H16N4O. The molecule has 0 spiro atoms. The summed E-state index contributed by atoms with van der Waals surface area (Å²) in [5.41, 5.74) is 3.71. The Morgan fingerprint density at radius 3 is 3.16 bits per heavy atom. The van der Waals surface area contributed by atoms with Gasteiger partial charge in [0.2, 0.25) is 0 Å². The van der Waals surface area contributed by atoms with E-state index in [1.54, 1.807) is 6.20 Å². The molecule has 5 heteroatoms. The number of nitrogens with one attached hydrogen (secondary N) is 2. The highest BCUT2D eigenvalue weighted by Gasteiger charge is 2.16. The topological polar surface area (TPSA) is 70.7 Å². The molecule has 3 rings (SSSR count). The molecule has 0 unspecified atom stereocenters. The maximum absolute atomic E-state index is 12.1. The van der Waals surface area contributed by atoms with Gasteiger partial charge in [0.15, 0.2) is 0 Å². The van der Waals surface area contributed by atoms with Crippen LogP contribution in [0.15, 0.2) is 23.3 Å². The van der Waals surface area contributed by atoms with E-state index in [2.05, 4.69) is 27.2 Å². The quantitative estimate of drug-likeness (QED) is 0.842. The van der Waals surface area contributed by atoms with Gasteiger partial charge in [-0.3, -0.25) is 9.78 Å². The molecule has 0 aromatic carbocycles.